The van der Waals surface area contributed by atoms with E-state index in [0.717, 1.165) is 41.4 Å². The molecule has 156 valence electrons. The van der Waals surface area contributed by atoms with Crippen molar-refractivity contribution >= 4 is 22.7 Å². The molecule has 0 aliphatic carbocycles. The van der Waals surface area contributed by atoms with Crippen molar-refractivity contribution in [3.05, 3.63) is 65.4 Å². The van der Waals surface area contributed by atoms with Crippen LogP contribution in [0.5, 0.6) is 0 Å². The molecule has 6 nitrogen and oxygen atoms in total. The molecule has 1 aliphatic rings. The number of benzene rings is 2. The lowest BCUT2D eigenvalue weighted by Crippen LogP contribution is -2.28. The third kappa shape index (κ3) is 4.00. The standard InChI is InChI=1S/C24H27N3O3/c1-3-21(17-7-5-4-6-8-17)25-23(28)19-9-10-22-20(15-19)16(2)26-27(22)24(29)18-11-13-30-14-12-18/h4-10,15,18,21H,3,11-14H2,1-2H3,(H,25,28). The summed E-state index contributed by atoms with van der Waals surface area (Å²) in [4.78, 5) is 25.9. The number of hydrogen-bond acceptors (Lipinski definition) is 4. The maximum Gasteiger partial charge on any atom is 0.251 e. The highest BCUT2D eigenvalue weighted by atomic mass is 16.5. The predicted molar refractivity (Wildman–Crippen MR) is 116 cm³/mol. The summed E-state index contributed by atoms with van der Waals surface area (Å²) in [7, 11) is 0. The van der Waals surface area contributed by atoms with E-state index < -0.39 is 0 Å². The van der Waals surface area contributed by atoms with Crippen molar-refractivity contribution in [1.29, 1.82) is 0 Å². The molecule has 1 atom stereocenters. The van der Waals surface area contributed by atoms with Crippen molar-refractivity contribution in [2.45, 2.75) is 39.2 Å². The summed E-state index contributed by atoms with van der Waals surface area (Å²) in [6.07, 6.45) is 2.24. The molecular weight excluding hydrogens is 378 g/mol. The first-order chi connectivity index (χ1) is 14.6. The lowest BCUT2D eigenvalue weighted by atomic mass is 9.99. The van der Waals surface area contributed by atoms with Gasteiger partial charge in [0, 0.05) is 30.1 Å². The van der Waals surface area contributed by atoms with Crippen LogP contribution in [0.1, 0.15) is 58.6 Å². The molecule has 1 aromatic heterocycles. The van der Waals surface area contributed by atoms with Gasteiger partial charge in [-0.15, -0.1) is 0 Å². The number of aromatic nitrogens is 2. The summed E-state index contributed by atoms with van der Waals surface area (Å²) in [6.45, 7) is 5.14. The zero-order chi connectivity index (χ0) is 21.1. The Morgan fingerprint density at radius 1 is 1.17 bits per heavy atom. The van der Waals surface area contributed by atoms with Crippen LogP contribution in [0.3, 0.4) is 0 Å². The Balaban J connectivity index is 1.58. The van der Waals surface area contributed by atoms with Gasteiger partial charge >= 0.3 is 0 Å². The van der Waals surface area contributed by atoms with Gasteiger partial charge in [0.2, 0.25) is 0 Å². The molecule has 6 heteroatoms. The molecule has 1 saturated heterocycles. The predicted octanol–water partition coefficient (Wildman–Crippen LogP) is 4.29. The van der Waals surface area contributed by atoms with Gasteiger partial charge in [-0.3, -0.25) is 9.59 Å². The summed E-state index contributed by atoms with van der Waals surface area (Å²) >= 11 is 0. The van der Waals surface area contributed by atoms with Gasteiger partial charge in [-0.1, -0.05) is 37.3 Å². The molecule has 3 aromatic rings. The largest absolute Gasteiger partial charge is 0.381 e. The summed E-state index contributed by atoms with van der Waals surface area (Å²) in [6, 6.07) is 15.3. The number of fused-ring (bicyclic) bond motifs is 1. The monoisotopic (exact) mass is 405 g/mol. The van der Waals surface area contributed by atoms with Crippen LogP contribution in [0.15, 0.2) is 48.5 Å². The smallest absolute Gasteiger partial charge is 0.251 e. The molecular formula is C24H27N3O3. The van der Waals surface area contributed by atoms with Crippen LogP contribution in [0.4, 0.5) is 0 Å². The Labute approximate surface area is 176 Å². The number of aryl methyl sites for hydroxylation is 1. The first kappa shape index (κ1) is 20.3. The van der Waals surface area contributed by atoms with Crippen LogP contribution in [-0.4, -0.2) is 34.8 Å². The van der Waals surface area contributed by atoms with Crippen molar-refractivity contribution in [3.63, 3.8) is 0 Å². The number of rotatable bonds is 5. The van der Waals surface area contributed by atoms with Crippen molar-refractivity contribution in [2.75, 3.05) is 13.2 Å². The molecule has 2 aromatic carbocycles. The van der Waals surface area contributed by atoms with E-state index in [1.165, 1.54) is 4.68 Å². The first-order valence-electron chi connectivity index (χ1n) is 10.6. The SMILES string of the molecule is CCC(NC(=O)c1ccc2c(c1)c(C)nn2C(=O)C1CCOCC1)c1ccccc1. The average Bonchev–Trinajstić information content (AvgIpc) is 3.13. The topological polar surface area (TPSA) is 73.2 Å². The number of hydrogen-bond donors (Lipinski definition) is 1. The lowest BCUT2D eigenvalue weighted by Gasteiger charge is -2.20. The van der Waals surface area contributed by atoms with Crippen molar-refractivity contribution in [2.24, 2.45) is 5.92 Å². The van der Waals surface area contributed by atoms with Gasteiger partial charge in [-0.05, 0) is 49.9 Å². The van der Waals surface area contributed by atoms with E-state index in [1.54, 1.807) is 6.07 Å². The summed E-state index contributed by atoms with van der Waals surface area (Å²) < 4.78 is 6.87. The molecule has 1 unspecified atom stereocenters. The highest BCUT2D eigenvalue weighted by Gasteiger charge is 2.26. The minimum absolute atomic E-state index is 0.00345. The van der Waals surface area contributed by atoms with Gasteiger partial charge in [-0.2, -0.15) is 9.78 Å². The van der Waals surface area contributed by atoms with Crippen molar-refractivity contribution in [3.8, 4) is 0 Å². The van der Waals surface area contributed by atoms with Crippen LogP contribution < -0.4 is 5.32 Å². The first-order valence-corrected chi connectivity index (χ1v) is 10.6. The normalized spacial score (nSPS) is 15.8. The summed E-state index contributed by atoms with van der Waals surface area (Å²) in [5.41, 5.74) is 3.14. The molecule has 2 heterocycles. The molecule has 0 bridgehead atoms. The fourth-order valence-corrected chi connectivity index (χ4v) is 4.04. The Kier molecular flexibility index (Phi) is 5.95. The molecule has 30 heavy (non-hydrogen) atoms. The van der Waals surface area contributed by atoms with E-state index in [0.29, 0.717) is 18.8 Å². The minimum Gasteiger partial charge on any atom is -0.381 e. The Morgan fingerprint density at radius 2 is 1.90 bits per heavy atom. The summed E-state index contributed by atoms with van der Waals surface area (Å²) in [5, 5.41) is 8.43. The van der Waals surface area contributed by atoms with E-state index in [-0.39, 0.29) is 23.8 Å². The van der Waals surface area contributed by atoms with Gasteiger partial charge in [0.25, 0.3) is 11.8 Å². The molecule has 1 N–H and O–H groups in total. The third-order valence-electron chi connectivity index (χ3n) is 5.82. The molecule has 0 saturated carbocycles. The van der Waals surface area contributed by atoms with Gasteiger partial charge in [-0.25, -0.2) is 0 Å². The van der Waals surface area contributed by atoms with Gasteiger partial charge in [0.15, 0.2) is 0 Å². The number of amides is 1. The molecule has 0 radical (unpaired) electrons. The van der Waals surface area contributed by atoms with Crippen LogP contribution in [0.2, 0.25) is 0 Å². The van der Waals surface area contributed by atoms with Crippen LogP contribution in [0.25, 0.3) is 10.9 Å². The van der Waals surface area contributed by atoms with Crippen LogP contribution in [0, 0.1) is 12.8 Å². The zero-order valence-corrected chi connectivity index (χ0v) is 17.4. The van der Waals surface area contributed by atoms with Gasteiger partial charge < -0.3 is 10.1 Å². The van der Waals surface area contributed by atoms with E-state index >= 15 is 0 Å². The summed E-state index contributed by atoms with van der Waals surface area (Å²) in [5.74, 6) is -0.195. The second kappa shape index (κ2) is 8.79. The number of ether oxygens (including phenoxy) is 1. The van der Waals surface area contributed by atoms with E-state index in [1.807, 2.05) is 49.4 Å². The fourth-order valence-electron chi connectivity index (χ4n) is 4.04. The third-order valence-corrected chi connectivity index (χ3v) is 5.82. The van der Waals surface area contributed by atoms with Crippen molar-refractivity contribution < 1.29 is 14.3 Å². The number of nitrogens with zero attached hydrogens (tertiary/aromatic N) is 2. The maximum atomic E-state index is 13.0. The van der Waals surface area contributed by atoms with E-state index in [2.05, 4.69) is 17.3 Å². The minimum atomic E-state index is -0.129. The lowest BCUT2D eigenvalue weighted by molar-refractivity contribution is 0.0479. The van der Waals surface area contributed by atoms with Gasteiger partial charge in [0.1, 0.15) is 0 Å². The van der Waals surface area contributed by atoms with Crippen LogP contribution in [-0.2, 0) is 4.74 Å². The average molecular weight is 405 g/mol. The Bertz CT molecular complexity index is 1050. The van der Waals surface area contributed by atoms with Gasteiger partial charge in [0.05, 0.1) is 17.3 Å². The van der Waals surface area contributed by atoms with Crippen LogP contribution >= 0.6 is 0 Å². The second-order valence-electron chi connectivity index (χ2n) is 7.80. The molecule has 4 rings (SSSR count). The fraction of sp³-hybridized carbons (Fsp3) is 0.375. The number of nitrogens with one attached hydrogen (secondary N) is 1. The molecule has 1 amide bonds. The van der Waals surface area contributed by atoms with Crippen molar-refractivity contribution in [1.82, 2.24) is 15.1 Å². The molecule has 1 aliphatic heterocycles. The molecule has 0 spiro atoms. The van der Waals surface area contributed by atoms with E-state index in [4.69, 9.17) is 4.74 Å². The van der Waals surface area contributed by atoms with E-state index in [9.17, 15) is 9.59 Å². The molecule has 1 fully saturated rings. The quantitative estimate of drug-likeness (QED) is 0.687. The zero-order valence-electron chi connectivity index (χ0n) is 17.4. The maximum absolute atomic E-state index is 13.0. The highest BCUT2D eigenvalue weighted by molar-refractivity contribution is 6.00. The number of carbonyl (C=O) groups is 2. The Hall–Kier alpha value is -2.99. The highest BCUT2D eigenvalue weighted by Crippen LogP contribution is 2.24. The second-order valence-corrected chi connectivity index (χ2v) is 7.80. The Morgan fingerprint density at radius 3 is 2.60 bits per heavy atom. The number of carbonyl (C=O) groups excluding carboxylic acids is 2.